The van der Waals surface area contributed by atoms with Crippen molar-refractivity contribution in [3.8, 4) is 0 Å². The summed E-state index contributed by atoms with van der Waals surface area (Å²) in [6, 6.07) is 7.32. The van der Waals surface area contributed by atoms with Gasteiger partial charge < -0.3 is 29.9 Å². The highest BCUT2D eigenvalue weighted by atomic mass is 35.5. The maximum atomic E-state index is 12.9. The Bertz CT molecular complexity index is 1410. The predicted octanol–water partition coefficient (Wildman–Crippen LogP) is 6.30. The minimum absolute atomic E-state index is 0.272. The van der Waals surface area contributed by atoms with Crippen LogP contribution < -0.4 is 20.9 Å². The molecule has 2 saturated heterocycles. The Morgan fingerprint density at radius 1 is 1.07 bits per heavy atom. The minimum atomic E-state index is -3.13. The van der Waals surface area contributed by atoms with Crippen molar-refractivity contribution < 1.29 is 18.4 Å². The Labute approximate surface area is 274 Å². The van der Waals surface area contributed by atoms with E-state index in [0.717, 1.165) is 11.4 Å². The van der Waals surface area contributed by atoms with Crippen molar-refractivity contribution in [1.29, 1.82) is 0 Å². The molecule has 12 nitrogen and oxygen atoms in total. The molecule has 15 heteroatoms. The fourth-order valence-electron chi connectivity index (χ4n) is 4.97. The number of piperazine rings is 1. The number of aryl methyl sites for hydroxylation is 2. The van der Waals surface area contributed by atoms with Gasteiger partial charge in [0.15, 0.2) is 5.13 Å². The number of carbonyl (C=O) groups excluding carboxylic acids is 1. The first-order valence-corrected chi connectivity index (χ1v) is 18.3. The molecule has 3 aromatic rings. The zero-order valence-corrected chi connectivity index (χ0v) is 28.9. The van der Waals surface area contributed by atoms with Crippen molar-refractivity contribution in [2.45, 2.75) is 47.0 Å². The summed E-state index contributed by atoms with van der Waals surface area (Å²) < 4.78 is 23.8. The minimum Gasteiger partial charge on any atom is -0.354 e. The van der Waals surface area contributed by atoms with Crippen LogP contribution in [0.5, 0.6) is 0 Å². The van der Waals surface area contributed by atoms with Gasteiger partial charge in [-0.25, -0.2) is 15.0 Å². The molecule has 3 N–H and O–H groups in total. The van der Waals surface area contributed by atoms with E-state index in [1.54, 1.807) is 6.07 Å². The second kappa shape index (κ2) is 17.3. The molecule has 246 valence electrons. The number of amides is 1. The van der Waals surface area contributed by atoms with Gasteiger partial charge in [0.1, 0.15) is 28.6 Å². The largest absolute Gasteiger partial charge is 0.354 e. The van der Waals surface area contributed by atoms with Crippen molar-refractivity contribution in [1.82, 2.24) is 25.2 Å². The number of benzene rings is 1. The molecule has 0 atom stereocenters. The number of hydrogen-bond donors (Lipinski definition) is 3. The lowest BCUT2D eigenvalue weighted by molar-refractivity contribution is 0.103. The number of aromatic nitrogens is 3. The molecule has 0 bridgehead atoms. The van der Waals surface area contributed by atoms with E-state index < -0.39 is 7.60 Å². The van der Waals surface area contributed by atoms with Gasteiger partial charge in [-0.05, 0) is 65.3 Å². The Kier molecular flexibility index (Phi) is 13.6. The van der Waals surface area contributed by atoms with Crippen LogP contribution in [0, 0.1) is 13.8 Å². The number of anilines is 4. The fraction of sp³-hybridized carbons (Fsp3) is 0.533. The van der Waals surface area contributed by atoms with Gasteiger partial charge in [0.2, 0.25) is 0 Å². The third kappa shape index (κ3) is 10.7. The number of carbonyl (C=O) groups is 1. The molecule has 4 heterocycles. The van der Waals surface area contributed by atoms with Crippen LogP contribution >= 0.6 is 30.5 Å². The lowest BCUT2D eigenvalue weighted by Crippen LogP contribution is -2.47. The van der Waals surface area contributed by atoms with Crippen molar-refractivity contribution >= 4 is 58.9 Å². The molecule has 2 aliphatic heterocycles. The maximum Gasteiger partial charge on any atom is 0.344 e. The highest BCUT2D eigenvalue weighted by molar-refractivity contribution is 7.53. The SMILES string of the molecule is C1CCNCC1.CCOP(=O)(CN1CCN(c2cc(Nc3ncc(C(=O)Nc4c(C)cccc4Cl)s3)nc(C)n2)CC1)OCC. The van der Waals surface area contributed by atoms with E-state index in [1.807, 2.05) is 45.9 Å². The van der Waals surface area contributed by atoms with Crippen molar-refractivity contribution in [2.24, 2.45) is 0 Å². The van der Waals surface area contributed by atoms with Gasteiger partial charge in [0.05, 0.1) is 30.1 Å². The number of halogens is 1. The molecule has 1 aromatic carbocycles. The summed E-state index contributed by atoms with van der Waals surface area (Å²) in [4.78, 5) is 30.9. The first-order chi connectivity index (χ1) is 21.7. The van der Waals surface area contributed by atoms with E-state index in [4.69, 9.17) is 20.6 Å². The number of rotatable bonds is 11. The third-order valence-corrected chi connectivity index (χ3v) is 10.5. The van der Waals surface area contributed by atoms with E-state index >= 15 is 0 Å². The number of nitrogens with zero attached hydrogens (tertiary/aromatic N) is 5. The molecule has 0 spiro atoms. The molecule has 0 aliphatic carbocycles. The quantitative estimate of drug-likeness (QED) is 0.197. The van der Waals surface area contributed by atoms with Crippen LogP contribution in [0.25, 0.3) is 0 Å². The number of piperidine rings is 1. The van der Waals surface area contributed by atoms with Crippen LogP contribution in [0.3, 0.4) is 0 Å². The number of hydrogen-bond acceptors (Lipinski definition) is 12. The summed E-state index contributed by atoms with van der Waals surface area (Å²) in [5.74, 6) is 1.69. The second-order valence-electron chi connectivity index (χ2n) is 10.7. The second-order valence-corrected chi connectivity index (χ2v) is 14.2. The van der Waals surface area contributed by atoms with Crippen molar-refractivity contribution in [3.05, 3.63) is 51.7 Å². The van der Waals surface area contributed by atoms with Gasteiger partial charge in [0.25, 0.3) is 5.91 Å². The van der Waals surface area contributed by atoms with Crippen LogP contribution in [0.4, 0.5) is 22.5 Å². The van der Waals surface area contributed by atoms with Gasteiger partial charge in [0, 0.05) is 32.2 Å². The van der Waals surface area contributed by atoms with E-state index in [2.05, 4.69) is 40.7 Å². The van der Waals surface area contributed by atoms with Gasteiger partial charge in [-0.1, -0.05) is 41.5 Å². The normalized spacial score (nSPS) is 15.7. The molecule has 45 heavy (non-hydrogen) atoms. The molecule has 1 amide bonds. The van der Waals surface area contributed by atoms with Crippen LogP contribution in [-0.4, -0.2) is 84.5 Å². The third-order valence-electron chi connectivity index (χ3n) is 7.18. The van der Waals surface area contributed by atoms with E-state index in [9.17, 15) is 9.36 Å². The molecule has 0 unspecified atom stereocenters. The summed E-state index contributed by atoms with van der Waals surface area (Å²) >= 11 is 7.46. The average molecular weight is 679 g/mol. The standard InChI is InChI=1S/C25H33ClN7O4PS.C5H11N/c1-5-36-38(35,37-6-2)16-32-10-12-33(13-11-32)22-14-21(28-18(4)29-22)30-25-27-15-20(39-25)24(34)31-23-17(3)8-7-9-19(23)26;1-2-4-6-5-3-1/h7-9,14-15H,5-6,10-13,16H2,1-4H3,(H,31,34)(H,27,28,29,30);6H,1-5H2. The molecular formula is C30H44ClN8O4PS. The van der Waals surface area contributed by atoms with Gasteiger partial charge >= 0.3 is 7.60 Å². The number of nitrogens with one attached hydrogen (secondary N) is 3. The molecular weight excluding hydrogens is 635 g/mol. The highest BCUT2D eigenvalue weighted by Crippen LogP contribution is 2.48. The van der Waals surface area contributed by atoms with Crippen LogP contribution in [0.15, 0.2) is 30.5 Å². The Hall–Kier alpha value is -2.64. The van der Waals surface area contributed by atoms with Crippen molar-refractivity contribution in [3.63, 3.8) is 0 Å². The monoisotopic (exact) mass is 678 g/mol. The maximum absolute atomic E-state index is 12.9. The van der Waals surface area contributed by atoms with E-state index in [-0.39, 0.29) is 12.2 Å². The summed E-state index contributed by atoms with van der Waals surface area (Å²) in [7, 11) is -3.13. The van der Waals surface area contributed by atoms with Gasteiger partial charge in [-0.3, -0.25) is 14.3 Å². The first-order valence-electron chi connectivity index (χ1n) is 15.4. The number of thiazole rings is 1. The molecule has 0 radical (unpaired) electrons. The van der Waals surface area contributed by atoms with Crippen LogP contribution in [-0.2, 0) is 13.6 Å². The van der Waals surface area contributed by atoms with E-state index in [0.29, 0.717) is 71.8 Å². The summed E-state index contributed by atoms with van der Waals surface area (Å²) in [6.07, 6.45) is 6.01. The summed E-state index contributed by atoms with van der Waals surface area (Å²) in [5, 5.41) is 10.4. The fourth-order valence-corrected chi connectivity index (χ4v) is 7.75. The summed E-state index contributed by atoms with van der Waals surface area (Å²) in [5.41, 5.74) is 1.46. The van der Waals surface area contributed by atoms with Gasteiger partial charge in [-0.2, -0.15) is 0 Å². The molecule has 0 saturated carbocycles. The lowest BCUT2D eigenvalue weighted by atomic mass is 10.2. The molecule has 2 aromatic heterocycles. The molecule has 5 rings (SSSR count). The van der Waals surface area contributed by atoms with Gasteiger partial charge in [-0.15, -0.1) is 0 Å². The zero-order chi connectivity index (χ0) is 32.2. The van der Waals surface area contributed by atoms with Crippen molar-refractivity contribution in [2.75, 3.05) is 74.3 Å². The average Bonchev–Trinajstić information content (AvgIpc) is 3.49. The number of para-hydroxylation sites is 1. The summed E-state index contributed by atoms with van der Waals surface area (Å²) in [6.45, 7) is 13.4. The smallest absolute Gasteiger partial charge is 0.344 e. The van der Waals surface area contributed by atoms with Crippen LogP contribution in [0.2, 0.25) is 5.02 Å². The predicted molar refractivity (Wildman–Crippen MR) is 183 cm³/mol. The Morgan fingerprint density at radius 2 is 1.78 bits per heavy atom. The lowest BCUT2D eigenvalue weighted by Gasteiger charge is -2.36. The molecule has 2 fully saturated rings. The Balaban J connectivity index is 0.000000687. The zero-order valence-electron chi connectivity index (χ0n) is 26.5. The molecule has 2 aliphatic rings. The topological polar surface area (TPSA) is 134 Å². The first kappa shape index (κ1) is 35.2. The van der Waals surface area contributed by atoms with Crippen LogP contribution in [0.1, 0.15) is 54.2 Å². The van der Waals surface area contributed by atoms with E-state index in [1.165, 1.54) is 49.9 Å². The Morgan fingerprint density at radius 3 is 2.38 bits per heavy atom. The highest BCUT2D eigenvalue weighted by Gasteiger charge is 2.29.